The summed E-state index contributed by atoms with van der Waals surface area (Å²) in [5, 5.41) is 4.13. The first-order valence-electron chi connectivity index (χ1n) is 7.77. The van der Waals surface area contributed by atoms with Crippen LogP contribution in [-0.2, 0) is 11.2 Å². The number of likely N-dealkylation sites (tertiary alicyclic amines) is 2. The van der Waals surface area contributed by atoms with Gasteiger partial charge in [-0.3, -0.25) is 9.69 Å². The molecule has 3 nitrogen and oxygen atoms in total. The number of rotatable bonds is 3. The van der Waals surface area contributed by atoms with Gasteiger partial charge < -0.3 is 4.90 Å². The van der Waals surface area contributed by atoms with E-state index in [9.17, 15) is 4.79 Å². The zero-order valence-electron chi connectivity index (χ0n) is 12.3. The molecule has 2 saturated heterocycles. The van der Waals surface area contributed by atoms with Crippen molar-refractivity contribution < 1.29 is 4.79 Å². The standard InChI is InChI=1S/C16H24N2OS/c1-2-18-8-3-5-16(18)6-9-17(10-7-16)15(19)12-14-4-11-20-13-14/h4,11,13H,2-3,5-10,12H2,1H3. The van der Waals surface area contributed by atoms with Gasteiger partial charge in [0, 0.05) is 18.6 Å². The molecule has 0 saturated carbocycles. The van der Waals surface area contributed by atoms with Gasteiger partial charge in [0.1, 0.15) is 0 Å². The van der Waals surface area contributed by atoms with Crippen LogP contribution in [-0.4, -0.2) is 47.4 Å². The Bertz CT molecular complexity index is 449. The average molecular weight is 292 g/mol. The third-order valence-corrected chi connectivity index (χ3v) is 5.84. The molecule has 0 aliphatic carbocycles. The monoisotopic (exact) mass is 292 g/mol. The number of carbonyl (C=O) groups excluding carboxylic acids is 1. The number of carbonyl (C=O) groups is 1. The molecule has 3 heterocycles. The molecule has 0 aromatic carbocycles. The Morgan fingerprint density at radius 3 is 2.75 bits per heavy atom. The third-order valence-electron chi connectivity index (χ3n) is 5.11. The van der Waals surface area contributed by atoms with Crippen molar-refractivity contribution in [2.45, 2.75) is 44.6 Å². The number of thiophene rings is 1. The van der Waals surface area contributed by atoms with E-state index in [1.807, 2.05) is 5.38 Å². The lowest BCUT2D eigenvalue weighted by molar-refractivity contribution is -0.132. The summed E-state index contributed by atoms with van der Waals surface area (Å²) in [6.07, 6.45) is 5.56. The minimum atomic E-state index is 0.305. The molecule has 3 rings (SSSR count). The van der Waals surface area contributed by atoms with Crippen LogP contribution in [0.25, 0.3) is 0 Å². The Morgan fingerprint density at radius 2 is 2.10 bits per heavy atom. The van der Waals surface area contributed by atoms with E-state index in [4.69, 9.17) is 0 Å². The fourth-order valence-electron chi connectivity index (χ4n) is 3.91. The maximum atomic E-state index is 12.3. The minimum absolute atomic E-state index is 0.305. The van der Waals surface area contributed by atoms with Gasteiger partial charge in [-0.1, -0.05) is 6.92 Å². The first-order chi connectivity index (χ1) is 9.73. The van der Waals surface area contributed by atoms with Crippen LogP contribution < -0.4 is 0 Å². The number of amides is 1. The summed E-state index contributed by atoms with van der Waals surface area (Å²) < 4.78 is 0. The molecule has 2 fully saturated rings. The Hall–Kier alpha value is -0.870. The second kappa shape index (κ2) is 5.86. The van der Waals surface area contributed by atoms with E-state index in [0.29, 0.717) is 17.9 Å². The number of hydrogen-bond acceptors (Lipinski definition) is 3. The van der Waals surface area contributed by atoms with Crippen LogP contribution in [0, 0.1) is 0 Å². The summed E-state index contributed by atoms with van der Waals surface area (Å²) >= 11 is 1.67. The molecule has 4 heteroatoms. The normalized spacial score (nSPS) is 22.6. The van der Waals surface area contributed by atoms with E-state index in [-0.39, 0.29) is 0 Å². The lowest BCUT2D eigenvalue weighted by Gasteiger charge is -2.45. The topological polar surface area (TPSA) is 23.6 Å². The van der Waals surface area contributed by atoms with Gasteiger partial charge in [0.15, 0.2) is 0 Å². The molecule has 1 spiro atoms. The Kier molecular flexibility index (Phi) is 4.13. The largest absolute Gasteiger partial charge is 0.342 e. The van der Waals surface area contributed by atoms with Crippen LogP contribution in [0.15, 0.2) is 16.8 Å². The van der Waals surface area contributed by atoms with Crippen molar-refractivity contribution >= 4 is 17.2 Å². The van der Waals surface area contributed by atoms with Crippen LogP contribution >= 0.6 is 11.3 Å². The first-order valence-corrected chi connectivity index (χ1v) is 8.72. The highest BCUT2D eigenvalue weighted by molar-refractivity contribution is 7.07. The summed E-state index contributed by atoms with van der Waals surface area (Å²) in [6.45, 7) is 6.56. The Balaban J connectivity index is 1.57. The van der Waals surface area contributed by atoms with Crippen molar-refractivity contribution in [2.75, 3.05) is 26.2 Å². The molecular formula is C16H24N2OS. The van der Waals surface area contributed by atoms with E-state index in [1.54, 1.807) is 11.3 Å². The van der Waals surface area contributed by atoms with Crippen molar-refractivity contribution in [1.82, 2.24) is 9.80 Å². The Morgan fingerprint density at radius 1 is 1.30 bits per heavy atom. The summed E-state index contributed by atoms with van der Waals surface area (Å²) in [5.74, 6) is 0.305. The highest BCUT2D eigenvalue weighted by Gasteiger charge is 2.42. The van der Waals surface area contributed by atoms with Gasteiger partial charge in [0.05, 0.1) is 6.42 Å². The summed E-state index contributed by atoms with van der Waals surface area (Å²) in [7, 11) is 0. The molecule has 110 valence electrons. The highest BCUT2D eigenvalue weighted by Crippen LogP contribution is 2.38. The van der Waals surface area contributed by atoms with Gasteiger partial charge in [-0.2, -0.15) is 11.3 Å². The van der Waals surface area contributed by atoms with Gasteiger partial charge in [-0.15, -0.1) is 0 Å². The summed E-state index contributed by atoms with van der Waals surface area (Å²) in [4.78, 5) is 17.1. The van der Waals surface area contributed by atoms with Crippen LogP contribution in [0.2, 0.25) is 0 Å². The molecular weight excluding hydrogens is 268 g/mol. The molecule has 1 aromatic heterocycles. The predicted octanol–water partition coefficient (Wildman–Crippen LogP) is 2.77. The molecule has 0 bridgehead atoms. The fourth-order valence-corrected chi connectivity index (χ4v) is 4.57. The van der Waals surface area contributed by atoms with Gasteiger partial charge in [-0.25, -0.2) is 0 Å². The second-order valence-corrected chi connectivity index (χ2v) is 6.88. The van der Waals surface area contributed by atoms with E-state index in [2.05, 4.69) is 28.2 Å². The van der Waals surface area contributed by atoms with Gasteiger partial charge >= 0.3 is 0 Å². The van der Waals surface area contributed by atoms with Crippen LogP contribution in [0.3, 0.4) is 0 Å². The van der Waals surface area contributed by atoms with Crippen LogP contribution in [0.5, 0.6) is 0 Å². The number of hydrogen-bond donors (Lipinski definition) is 0. The van der Waals surface area contributed by atoms with Gasteiger partial charge in [0.2, 0.25) is 5.91 Å². The Labute approximate surface area is 125 Å². The zero-order valence-corrected chi connectivity index (χ0v) is 13.1. The maximum Gasteiger partial charge on any atom is 0.227 e. The molecule has 0 unspecified atom stereocenters. The molecule has 0 N–H and O–H groups in total. The highest BCUT2D eigenvalue weighted by atomic mass is 32.1. The number of nitrogens with zero attached hydrogens (tertiary/aromatic N) is 2. The van der Waals surface area contributed by atoms with Crippen molar-refractivity contribution in [3.63, 3.8) is 0 Å². The number of piperidine rings is 1. The molecule has 20 heavy (non-hydrogen) atoms. The van der Waals surface area contributed by atoms with Crippen molar-refractivity contribution in [3.8, 4) is 0 Å². The second-order valence-electron chi connectivity index (χ2n) is 6.10. The quantitative estimate of drug-likeness (QED) is 0.855. The summed E-state index contributed by atoms with van der Waals surface area (Å²) in [5.41, 5.74) is 1.57. The molecule has 0 radical (unpaired) electrons. The van der Waals surface area contributed by atoms with Gasteiger partial charge in [0.25, 0.3) is 0 Å². The molecule has 1 amide bonds. The SMILES string of the molecule is CCN1CCCC12CCN(C(=O)Cc1ccsc1)CC2. The van der Waals surface area contributed by atoms with E-state index >= 15 is 0 Å². The molecule has 2 aliphatic rings. The third kappa shape index (κ3) is 2.63. The van der Waals surface area contributed by atoms with E-state index in [1.165, 1.54) is 19.4 Å². The zero-order chi connectivity index (χ0) is 14.0. The molecule has 0 atom stereocenters. The maximum absolute atomic E-state index is 12.3. The predicted molar refractivity (Wildman–Crippen MR) is 83.0 cm³/mol. The van der Waals surface area contributed by atoms with Crippen LogP contribution in [0.1, 0.15) is 38.2 Å². The molecule has 1 aromatic rings. The smallest absolute Gasteiger partial charge is 0.227 e. The lowest BCUT2D eigenvalue weighted by Crippen LogP contribution is -2.53. The minimum Gasteiger partial charge on any atom is -0.342 e. The van der Waals surface area contributed by atoms with Crippen molar-refractivity contribution in [1.29, 1.82) is 0 Å². The van der Waals surface area contributed by atoms with E-state index < -0.39 is 0 Å². The van der Waals surface area contributed by atoms with E-state index in [0.717, 1.165) is 38.0 Å². The summed E-state index contributed by atoms with van der Waals surface area (Å²) in [6, 6.07) is 2.06. The average Bonchev–Trinajstić information content (AvgIpc) is 3.09. The van der Waals surface area contributed by atoms with Crippen molar-refractivity contribution in [2.24, 2.45) is 0 Å². The molecule has 2 aliphatic heterocycles. The van der Waals surface area contributed by atoms with Crippen molar-refractivity contribution in [3.05, 3.63) is 22.4 Å². The first kappa shape index (κ1) is 14.1. The van der Waals surface area contributed by atoms with Crippen LogP contribution in [0.4, 0.5) is 0 Å². The van der Waals surface area contributed by atoms with Gasteiger partial charge in [-0.05, 0) is 61.2 Å². The fraction of sp³-hybridized carbons (Fsp3) is 0.688. The lowest BCUT2D eigenvalue weighted by atomic mass is 9.85.